The van der Waals surface area contributed by atoms with Crippen LogP contribution in [0.25, 0.3) is 0 Å². The molecule has 9 nitrogen and oxygen atoms in total. The van der Waals surface area contributed by atoms with Crippen molar-refractivity contribution in [2.75, 3.05) is 24.3 Å². The van der Waals surface area contributed by atoms with Crippen LogP contribution in [0, 0.1) is 10.1 Å². The minimum Gasteiger partial charge on any atom is -0.397 e. The molecule has 1 aromatic carbocycles. The Morgan fingerprint density at radius 3 is 2.38 bits per heavy atom. The Morgan fingerprint density at radius 2 is 1.90 bits per heavy atom. The zero-order valence-corrected chi connectivity index (χ0v) is 12.8. The van der Waals surface area contributed by atoms with E-state index in [-0.39, 0.29) is 35.0 Å². The minimum absolute atomic E-state index is 0.0775. The summed E-state index contributed by atoms with van der Waals surface area (Å²) in [5.74, 6) is -0.148. The molecule has 0 unspecified atom stereocenters. The van der Waals surface area contributed by atoms with Crippen LogP contribution in [0.4, 0.5) is 11.4 Å². The van der Waals surface area contributed by atoms with Crippen molar-refractivity contribution in [1.29, 1.82) is 0 Å². The Morgan fingerprint density at radius 1 is 1.29 bits per heavy atom. The average Bonchev–Trinajstić information content (AvgIpc) is 2.33. The van der Waals surface area contributed by atoms with Crippen LogP contribution in [0.15, 0.2) is 23.1 Å². The van der Waals surface area contributed by atoms with Gasteiger partial charge >= 0.3 is 0 Å². The van der Waals surface area contributed by atoms with Crippen molar-refractivity contribution in [3.8, 4) is 0 Å². The molecule has 0 saturated heterocycles. The third kappa shape index (κ3) is 5.28. The van der Waals surface area contributed by atoms with Gasteiger partial charge in [0.25, 0.3) is 5.69 Å². The number of nitrogen functional groups attached to an aromatic ring is 1. The van der Waals surface area contributed by atoms with Gasteiger partial charge in [0.1, 0.15) is 14.7 Å². The van der Waals surface area contributed by atoms with E-state index in [9.17, 15) is 26.9 Å². The van der Waals surface area contributed by atoms with Crippen LogP contribution in [0.5, 0.6) is 0 Å². The number of nitrogens with two attached hydrogens (primary N) is 1. The molecule has 0 aromatic heterocycles. The van der Waals surface area contributed by atoms with Crippen molar-refractivity contribution in [3.63, 3.8) is 0 Å². The zero-order chi connectivity index (χ0) is 16.3. The Kier molecular flexibility index (Phi) is 5.25. The second kappa shape index (κ2) is 6.37. The number of benzene rings is 1. The van der Waals surface area contributed by atoms with Gasteiger partial charge in [0, 0.05) is 24.9 Å². The van der Waals surface area contributed by atoms with Crippen LogP contribution < -0.4 is 10.5 Å². The van der Waals surface area contributed by atoms with Crippen LogP contribution in [0.1, 0.15) is 6.42 Å². The van der Waals surface area contributed by atoms with E-state index in [0.29, 0.717) is 0 Å². The molecule has 1 aromatic rings. The summed E-state index contributed by atoms with van der Waals surface area (Å²) in [4.78, 5) is 9.57. The van der Waals surface area contributed by atoms with Crippen molar-refractivity contribution >= 4 is 31.2 Å². The first-order valence-electron chi connectivity index (χ1n) is 5.74. The first-order valence-corrected chi connectivity index (χ1v) is 9.28. The Labute approximate surface area is 122 Å². The van der Waals surface area contributed by atoms with Crippen molar-refractivity contribution in [2.45, 2.75) is 11.3 Å². The topological polar surface area (TPSA) is 149 Å². The maximum Gasteiger partial charge on any atom is 0.271 e. The number of nitro groups is 1. The molecule has 0 saturated carbocycles. The van der Waals surface area contributed by atoms with Crippen molar-refractivity contribution in [2.24, 2.45) is 0 Å². The molecule has 0 aliphatic carbocycles. The summed E-state index contributed by atoms with van der Waals surface area (Å²) in [5, 5.41) is 10.5. The lowest BCUT2D eigenvalue weighted by atomic mass is 10.3. The van der Waals surface area contributed by atoms with Gasteiger partial charge in [0.15, 0.2) is 0 Å². The van der Waals surface area contributed by atoms with Gasteiger partial charge in [-0.3, -0.25) is 10.1 Å². The lowest BCUT2D eigenvalue weighted by Gasteiger charge is -2.08. The number of nitro benzene ring substituents is 1. The maximum atomic E-state index is 11.9. The smallest absolute Gasteiger partial charge is 0.271 e. The van der Waals surface area contributed by atoms with Gasteiger partial charge in [-0.2, -0.15) is 0 Å². The molecule has 0 spiro atoms. The molecule has 0 amide bonds. The Balaban J connectivity index is 2.81. The molecule has 1 rings (SSSR count). The Bertz CT molecular complexity index is 742. The van der Waals surface area contributed by atoms with E-state index in [2.05, 4.69) is 4.72 Å². The summed E-state index contributed by atoms with van der Waals surface area (Å²) < 4.78 is 47.9. The molecular formula is C10H15N3O6S2. The highest BCUT2D eigenvalue weighted by molar-refractivity contribution is 7.90. The van der Waals surface area contributed by atoms with Gasteiger partial charge in [0.2, 0.25) is 10.0 Å². The molecule has 11 heteroatoms. The van der Waals surface area contributed by atoms with Gasteiger partial charge in [-0.05, 0) is 12.5 Å². The molecule has 0 aliphatic heterocycles. The van der Waals surface area contributed by atoms with Crippen LogP contribution >= 0.6 is 0 Å². The molecule has 0 heterocycles. The summed E-state index contributed by atoms with van der Waals surface area (Å²) >= 11 is 0. The van der Waals surface area contributed by atoms with Crippen LogP contribution in [0.3, 0.4) is 0 Å². The van der Waals surface area contributed by atoms with E-state index in [1.807, 2.05) is 0 Å². The minimum atomic E-state index is -3.94. The van der Waals surface area contributed by atoms with E-state index >= 15 is 0 Å². The fourth-order valence-electron chi connectivity index (χ4n) is 1.51. The summed E-state index contributed by atoms with van der Waals surface area (Å²) in [6, 6.07) is 3.01. The van der Waals surface area contributed by atoms with Crippen molar-refractivity contribution in [3.05, 3.63) is 28.3 Å². The lowest BCUT2D eigenvalue weighted by molar-refractivity contribution is -0.384. The van der Waals surface area contributed by atoms with E-state index in [1.165, 1.54) is 0 Å². The molecule has 0 radical (unpaired) electrons. The predicted octanol–water partition coefficient (Wildman–Crippen LogP) is -0.110. The second-order valence-corrected chi connectivity index (χ2v) is 8.36. The standard InChI is InChI=1S/C10H15N3O6S2/c1-20(16,17)6-2-5-12-21(18,19)10-4-3-8(13(14)15)7-9(10)11/h3-4,7,12H,2,5-6,11H2,1H3. The molecule has 0 aliphatic rings. The number of rotatable bonds is 7. The summed E-state index contributed by atoms with van der Waals surface area (Å²) in [6.45, 7) is -0.0775. The first-order chi connectivity index (χ1) is 9.53. The zero-order valence-electron chi connectivity index (χ0n) is 11.1. The van der Waals surface area contributed by atoms with E-state index < -0.39 is 24.8 Å². The third-order valence-corrected chi connectivity index (χ3v) is 5.04. The van der Waals surface area contributed by atoms with Crippen LogP contribution in [0.2, 0.25) is 0 Å². The fraction of sp³-hybridized carbons (Fsp3) is 0.400. The number of hydrogen-bond donors (Lipinski definition) is 2. The number of non-ortho nitro benzene ring substituents is 1. The molecule has 118 valence electrons. The highest BCUT2D eigenvalue weighted by Crippen LogP contribution is 2.23. The number of nitrogens with zero attached hydrogens (tertiary/aromatic N) is 1. The summed E-state index contributed by atoms with van der Waals surface area (Å²) in [7, 11) is -7.11. The molecular weight excluding hydrogens is 322 g/mol. The van der Waals surface area contributed by atoms with Gasteiger partial charge in [-0.15, -0.1) is 0 Å². The maximum absolute atomic E-state index is 11.9. The summed E-state index contributed by atoms with van der Waals surface area (Å²) in [6.07, 6.45) is 1.17. The quantitative estimate of drug-likeness (QED) is 0.305. The monoisotopic (exact) mass is 337 g/mol. The van der Waals surface area contributed by atoms with Gasteiger partial charge in [-0.1, -0.05) is 0 Å². The molecule has 0 fully saturated rings. The SMILES string of the molecule is CS(=O)(=O)CCCNS(=O)(=O)c1ccc([N+](=O)[O-])cc1N. The summed E-state index contributed by atoms with van der Waals surface area (Å²) in [5.41, 5.74) is 4.93. The van der Waals surface area contributed by atoms with E-state index in [1.54, 1.807) is 0 Å². The van der Waals surface area contributed by atoms with Gasteiger partial charge in [-0.25, -0.2) is 21.6 Å². The second-order valence-electron chi connectivity index (χ2n) is 4.36. The fourth-order valence-corrected chi connectivity index (χ4v) is 3.37. The number of nitrogens with one attached hydrogen (secondary N) is 1. The van der Waals surface area contributed by atoms with Gasteiger partial charge in [0.05, 0.1) is 16.4 Å². The normalized spacial score (nSPS) is 12.2. The van der Waals surface area contributed by atoms with E-state index in [0.717, 1.165) is 24.5 Å². The molecule has 0 bridgehead atoms. The highest BCUT2D eigenvalue weighted by Gasteiger charge is 2.19. The molecule has 0 atom stereocenters. The third-order valence-electron chi connectivity index (χ3n) is 2.48. The lowest BCUT2D eigenvalue weighted by Crippen LogP contribution is -2.26. The number of sulfonamides is 1. The number of hydrogen-bond acceptors (Lipinski definition) is 7. The first kappa shape index (κ1) is 17.3. The van der Waals surface area contributed by atoms with Gasteiger partial charge < -0.3 is 5.73 Å². The Hall–Kier alpha value is -1.72. The van der Waals surface area contributed by atoms with Crippen molar-refractivity contribution in [1.82, 2.24) is 4.72 Å². The number of sulfone groups is 1. The number of anilines is 1. The largest absolute Gasteiger partial charge is 0.397 e. The van der Waals surface area contributed by atoms with E-state index in [4.69, 9.17) is 5.73 Å². The average molecular weight is 337 g/mol. The van der Waals surface area contributed by atoms with Crippen LogP contribution in [-0.4, -0.2) is 40.3 Å². The predicted molar refractivity (Wildman–Crippen MR) is 77.0 cm³/mol. The highest BCUT2D eigenvalue weighted by atomic mass is 32.2. The molecule has 21 heavy (non-hydrogen) atoms. The van der Waals surface area contributed by atoms with Crippen molar-refractivity contribution < 1.29 is 21.8 Å². The molecule has 3 N–H and O–H groups in total. The van der Waals surface area contributed by atoms with Crippen LogP contribution in [-0.2, 0) is 19.9 Å².